The summed E-state index contributed by atoms with van der Waals surface area (Å²) >= 11 is 0. The smallest absolute Gasteiger partial charge is 0.00728 e. The van der Waals surface area contributed by atoms with Crippen LogP contribution >= 0.6 is 0 Å². The van der Waals surface area contributed by atoms with E-state index in [1.807, 2.05) is 0 Å². The van der Waals surface area contributed by atoms with Gasteiger partial charge in [-0.05, 0) is 70.9 Å². The molecule has 3 atom stereocenters. The van der Waals surface area contributed by atoms with Gasteiger partial charge in [0, 0.05) is 18.1 Å². The fraction of sp³-hybridized carbons (Fsp3) is 1.00. The highest BCUT2D eigenvalue weighted by atomic mass is 15.1. The molecule has 2 heteroatoms. The summed E-state index contributed by atoms with van der Waals surface area (Å²) in [6, 6.07) is 2.48. The van der Waals surface area contributed by atoms with E-state index in [0.29, 0.717) is 0 Å². The number of nitrogens with zero attached hydrogens (tertiary/aromatic N) is 1. The summed E-state index contributed by atoms with van der Waals surface area (Å²) in [7, 11) is 0. The molecule has 0 amide bonds. The van der Waals surface area contributed by atoms with Crippen molar-refractivity contribution in [1.82, 2.24) is 10.2 Å². The molecule has 3 unspecified atom stereocenters. The second-order valence-electron chi connectivity index (χ2n) is 6.91. The highest BCUT2D eigenvalue weighted by Crippen LogP contribution is 2.32. The summed E-state index contributed by atoms with van der Waals surface area (Å²) in [6.07, 6.45) is 11.2. The lowest BCUT2D eigenvalue weighted by atomic mass is 9.89. The minimum atomic E-state index is 0.769. The predicted molar refractivity (Wildman–Crippen MR) is 83.5 cm³/mol. The Morgan fingerprint density at radius 1 is 1.11 bits per heavy atom. The van der Waals surface area contributed by atoms with E-state index in [-0.39, 0.29) is 0 Å². The zero-order valence-electron chi connectivity index (χ0n) is 13.3. The van der Waals surface area contributed by atoms with Crippen molar-refractivity contribution >= 4 is 0 Å². The van der Waals surface area contributed by atoms with Crippen LogP contribution in [-0.4, -0.2) is 36.1 Å². The Kier molecular flexibility index (Phi) is 6.15. The topological polar surface area (TPSA) is 15.3 Å². The minimum Gasteiger partial charge on any atom is -0.311 e. The van der Waals surface area contributed by atoms with E-state index in [9.17, 15) is 0 Å². The van der Waals surface area contributed by atoms with Crippen molar-refractivity contribution in [3.8, 4) is 0 Å². The predicted octanol–water partition coefficient (Wildman–Crippen LogP) is 3.81. The Morgan fingerprint density at radius 3 is 2.37 bits per heavy atom. The third-order valence-corrected chi connectivity index (χ3v) is 5.41. The number of fused-ring (bicyclic) bond motifs is 2. The van der Waals surface area contributed by atoms with Crippen LogP contribution in [0.25, 0.3) is 0 Å². The van der Waals surface area contributed by atoms with Gasteiger partial charge in [0.2, 0.25) is 0 Å². The Balaban J connectivity index is 1.74. The number of nitrogens with one attached hydrogen (secondary N) is 1. The fourth-order valence-corrected chi connectivity index (χ4v) is 3.93. The monoisotopic (exact) mass is 266 g/mol. The van der Waals surface area contributed by atoms with Gasteiger partial charge in [0.25, 0.3) is 0 Å². The van der Waals surface area contributed by atoms with E-state index in [4.69, 9.17) is 0 Å². The van der Waals surface area contributed by atoms with Crippen molar-refractivity contribution < 1.29 is 0 Å². The van der Waals surface area contributed by atoms with E-state index in [1.165, 1.54) is 64.5 Å². The van der Waals surface area contributed by atoms with Crippen LogP contribution in [-0.2, 0) is 0 Å². The second-order valence-corrected chi connectivity index (χ2v) is 6.91. The average Bonchev–Trinajstić information content (AvgIpc) is 2.77. The number of hydrogen-bond acceptors (Lipinski definition) is 2. The van der Waals surface area contributed by atoms with Gasteiger partial charge in [-0.15, -0.1) is 0 Å². The zero-order chi connectivity index (χ0) is 13.7. The van der Waals surface area contributed by atoms with E-state index >= 15 is 0 Å². The third-order valence-electron chi connectivity index (χ3n) is 5.41. The first-order valence-corrected chi connectivity index (χ1v) is 8.73. The van der Waals surface area contributed by atoms with Gasteiger partial charge in [-0.3, -0.25) is 0 Å². The zero-order valence-corrected chi connectivity index (χ0v) is 13.3. The molecule has 2 heterocycles. The lowest BCUT2D eigenvalue weighted by molar-refractivity contribution is 0.172. The van der Waals surface area contributed by atoms with E-state index < -0.39 is 0 Å². The molecule has 0 aliphatic carbocycles. The molecule has 0 aromatic rings. The number of hydrogen-bond donors (Lipinski definition) is 1. The molecule has 2 rings (SSSR count). The normalized spacial score (nSPS) is 31.9. The highest BCUT2D eigenvalue weighted by molar-refractivity contribution is 4.92. The molecule has 0 spiro atoms. The summed E-state index contributed by atoms with van der Waals surface area (Å²) in [5, 5.41) is 3.76. The van der Waals surface area contributed by atoms with Crippen molar-refractivity contribution in [2.24, 2.45) is 5.92 Å². The summed E-state index contributed by atoms with van der Waals surface area (Å²) in [5.74, 6) is 0.993. The summed E-state index contributed by atoms with van der Waals surface area (Å²) < 4.78 is 0. The van der Waals surface area contributed by atoms with Crippen molar-refractivity contribution in [3.05, 3.63) is 0 Å². The first-order valence-electron chi connectivity index (χ1n) is 8.73. The van der Waals surface area contributed by atoms with E-state index in [1.54, 1.807) is 0 Å². The molecule has 2 aliphatic rings. The molecule has 1 N–H and O–H groups in total. The summed E-state index contributed by atoms with van der Waals surface area (Å²) in [4.78, 5) is 2.74. The Morgan fingerprint density at radius 2 is 1.79 bits per heavy atom. The van der Waals surface area contributed by atoms with Crippen molar-refractivity contribution in [1.29, 1.82) is 0 Å². The van der Waals surface area contributed by atoms with Gasteiger partial charge in [-0.2, -0.15) is 0 Å². The number of unbranched alkanes of at least 4 members (excludes halogenated alkanes) is 1. The number of rotatable bonds is 8. The fourth-order valence-electron chi connectivity index (χ4n) is 3.93. The summed E-state index contributed by atoms with van der Waals surface area (Å²) in [6.45, 7) is 9.68. The first kappa shape index (κ1) is 15.3. The molecule has 0 aromatic heterocycles. The van der Waals surface area contributed by atoms with E-state index in [0.717, 1.165) is 24.0 Å². The van der Waals surface area contributed by atoms with Gasteiger partial charge < -0.3 is 10.2 Å². The van der Waals surface area contributed by atoms with Gasteiger partial charge in [-0.25, -0.2) is 0 Å². The van der Waals surface area contributed by atoms with Gasteiger partial charge >= 0.3 is 0 Å². The molecule has 19 heavy (non-hydrogen) atoms. The van der Waals surface area contributed by atoms with Crippen LogP contribution < -0.4 is 5.32 Å². The quantitative estimate of drug-likeness (QED) is 0.719. The molecular formula is C17H34N2. The van der Waals surface area contributed by atoms with Gasteiger partial charge in [0.15, 0.2) is 0 Å². The second kappa shape index (κ2) is 7.64. The maximum atomic E-state index is 3.76. The Bertz CT molecular complexity index is 242. The first-order chi connectivity index (χ1) is 9.22. The SMILES string of the molecule is CCCCN(CCC1CC2CCC(C1)N2)C(C)CC. The van der Waals surface area contributed by atoms with Crippen molar-refractivity contribution in [3.63, 3.8) is 0 Å². The van der Waals surface area contributed by atoms with Crippen LogP contribution in [0.4, 0.5) is 0 Å². The minimum absolute atomic E-state index is 0.769. The molecule has 2 nitrogen and oxygen atoms in total. The van der Waals surface area contributed by atoms with Crippen LogP contribution in [0.15, 0.2) is 0 Å². The van der Waals surface area contributed by atoms with Crippen molar-refractivity contribution in [2.45, 2.75) is 90.3 Å². The molecule has 112 valence electrons. The average molecular weight is 266 g/mol. The Labute approximate surface area is 120 Å². The molecule has 0 radical (unpaired) electrons. The highest BCUT2D eigenvalue weighted by Gasteiger charge is 2.33. The molecule has 2 bridgehead atoms. The van der Waals surface area contributed by atoms with Crippen LogP contribution in [0.3, 0.4) is 0 Å². The van der Waals surface area contributed by atoms with Crippen LogP contribution in [0.5, 0.6) is 0 Å². The van der Waals surface area contributed by atoms with Gasteiger partial charge in [-0.1, -0.05) is 20.3 Å². The lowest BCUT2D eigenvalue weighted by Gasteiger charge is -2.33. The molecule has 0 saturated carbocycles. The lowest BCUT2D eigenvalue weighted by Crippen LogP contribution is -2.40. The van der Waals surface area contributed by atoms with Crippen LogP contribution in [0.1, 0.15) is 72.1 Å². The number of piperidine rings is 1. The molecule has 2 aliphatic heterocycles. The Hall–Kier alpha value is -0.0800. The summed E-state index contributed by atoms with van der Waals surface area (Å²) in [5.41, 5.74) is 0. The standard InChI is InChI=1S/C17H34N2/c1-4-6-10-19(14(3)5-2)11-9-15-12-16-7-8-17(13-15)18-16/h14-18H,4-13H2,1-3H3. The maximum Gasteiger partial charge on any atom is 0.00728 e. The molecular weight excluding hydrogens is 232 g/mol. The van der Waals surface area contributed by atoms with Crippen LogP contribution in [0.2, 0.25) is 0 Å². The molecule has 2 saturated heterocycles. The van der Waals surface area contributed by atoms with E-state index in [2.05, 4.69) is 31.0 Å². The largest absolute Gasteiger partial charge is 0.311 e. The van der Waals surface area contributed by atoms with Gasteiger partial charge in [0.05, 0.1) is 0 Å². The van der Waals surface area contributed by atoms with Crippen molar-refractivity contribution in [2.75, 3.05) is 13.1 Å². The maximum absolute atomic E-state index is 3.76. The van der Waals surface area contributed by atoms with Crippen LogP contribution in [0, 0.1) is 5.92 Å². The molecule has 0 aromatic carbocycles. The molecule has 2 fully saturated rings. The van der Waals surface area contributed by atoms with Gasteiger partial charge in [0.1, 0.15) is 0 Å². The third kappa shape index (κ3) is 4.46.